The molecule has 7 aromatic carbocycles. The van der Waals surface area contributed by atoms with Crippen LogP contribution in [-0.2, 0) is 20.9 Å². The van der Waals surface area contributed by atoms with Crippen molar-refractivity contribution in [3.8, 4) is 0 Å². The van der Waals surface area contributed by atoms with Gasteiger partial charge in [-0.1, -0.05) is 182 Å². The predicted molar refractivity (Wildman–Crippen MR) is 209 cm³/mol. The minimum absolute atomic E-state index is 0.446. The summed E-state index contributed by atoms with van der Waals surface area (Å²) in [5.41, 5.74) is 1.42. The first-order valence-electron chi connectivity index (χ1n) is 15.4. The van der Waals surface area contributed by atoms with Gasteiger partial charge in [0, 0.05) is 0 Å². The van der Waals surface area contributed by atoms with Crippen molar-refractivity contribution in [3.63, 3.8) is 0 Å². The molecule has 4 heteroatoms. The van der Waals surface area contributed by atoms with Crippen LogP contribution < -0.4 is 31.8 Å². The topological polar surface area (TPSA) is 0 Å². The van der Waals surface area contributed by atoms with Crippen LogP contribution in [0.2, 0.25) is 0 Å². The Balaban J connectivity index is 0.000000148. The standard InChI is InChI=1S/2C18H15P.C7H7.BrH.Pd/c2*1-4-10-16(11-5-1)19(17-12-6-2-7-13-17)18-14-8-3-9-15-18;1-7-5-3-2-4-6-7;;/h2*1-15H;2-6H,1H2;1H;/q;;;;+1/p-1. The second-order valence-electron chi connectivity index (χ2n) is 10.4. The number of rotatable bonds is 8. The summed E-state index contributed by atoms with van der Waals surface area (Å²) >= 11 is 4.12. The van der Waals surface area contributed by atoms with Crippen LogP contribution in [0.5, 0.6) is 0 Å². The quantitative estimate of drug-likeness (QED) is 0.106. The van der Waals surface area contributed by atoms with Crippen LogP contribution in [0.1, 0.15) is 5.56 Å². The average molecular weight is 802 g/mol. The van der Waals surface area contributed by atoms with Gasteiger partial charge in [-0.3, -0.25) is 0 Å². The van der Waals surface area contributed by atoms with E-state index in [-0.39, 0.29) is 0 Å². The van der Waals surface area contributed by atoms with Crippen LogP contribution in [0.4, 0.5) is 0 Å². The van der Waals surface area contributed by atoms with Gasteiger partial charge in [0.1, 0.15) is 0 Å². The van der Waals surface area contributed by atoms with Crippen molar-refractivity contribution in [1.82, 2.24) is 0 Å². The van der Waals surface area contributed by atoms with E-state index in [0.717, 1.165) is 0 Å². The molecular formula is C43H37BrP2Pd. The minimum atomic E-state index is -0.446. The largest absolute Gasteiger partial charge is 0.0622 e. The Hall–Kier alpha value is -3.46. The number of hydrogen-bond acceptors (Lipinski definition) is 0. The molecule has 0 aromatic heterocycles. The molecule has 0 saturated heterocycles. The fraction of sp³-hybridized carbons (Fsp3) is 0.0233. The van der Waals surface area contributed by atoms with Gasteiger partial charge in [-0.05, 0) is 47.7 Å². The smallest absolute Gasteiger partial charge is 0.0134 e. The van der Waals surface area contributed by atoms with E-state index < -0.39 is 15.8 Å². The van der Waals surface area contributed by atoms with Gasteiger partial charge in [-0.15, -0.1) is 0 Å². The molecule has 0 bridgehead atoms. The first-order chi connectivity index (χ1) is 23.3. The van der Waals surface area contributed by atoms with Crippen molar-refractivity contribution in [2.75, 3.05) is 0 Å². The molecule has 7 rings (SSSR count). The van der Waals surface area contributed by atoms with Gasteiger partial charge in [0.15, 0.2) is 0 Å². The van der Waals surface area contributed by atoms with Gasteiger partial charge in [0.05, 0.1) is 0 Å². The molecular weight excluding hydrogens is 765 g/mol. The SMILES string of the molecule is [Br][Pd][CH2]c1ccccc1.c1ccc(P(c2ccccc2)c2ccccc2)cc1.c1ccc(P(c2ccccc2)c2ccccc2)cc1. The van der Waals surface area contributed by atoms with Crippen LogP contribution in [0.25, 0.3) is 0 Å². The Kier molecular flexibility index (Phi) is 14.9. The zero-order valence-electron chi connectivity index (χ0n) is 26.0. The van der Waals surface area contributed by atoms with Gasteiger partial charge in [0.2, 0.25) is 0 Å². The van der Waals surface area contributed by atoms with Crippen LogP contribution >= 0.6 is 29.3 Å². The van der Waals surface area contributed by atoms with E-state index >= 15 is 0 Å². The molecule has 0 radical (unpaired) electrons. The van der Waals surface area contributed by atoms with Crippen molar-refractivity contribution in [1.29, 1.82) is 0 Å². The summed E-state index contributed by atoms with van der Waals surface area (Å²) in [4.78, 5) is 1.18. The average Bonchev–Trinajstić information content (AvgIpc) is 3.16. The van der Waals surface area contributed by atoms with Crippen LogP contribution in [0.3, 0.4) is 0 Å². The monoisotopic (exact) mass is 800 g/mol. The van der Waals surface area contributed by atoms with Crippen LogP contribution in [0, 0.1) is 0 Å². The predicted octanol–water partition coefficient (Wildman–Crippen LogP) is 9.47. The van der Waals surface area contributed by atoms with Crippen molar-refractivity contribution in [2.45, 2.75) is 4.89 Å². The maximum Gasteiger partial charge on any atom is -0.0134 e. The zero-order valence-corrected chi connectivity index (χ0v) is 30.9. The summed E-state index contributed by atoms with van der Waals surface area (Å²) in [5, 5.41) is 8.39. The van der Waals surface area contributed by atoms with Crippen molar-refractivity contribution < 1.29 is 16.0 Å². The minimum Gasteiger partial charge on any atom is -0.0622 e. The molecule has 47 heavy (non-hydrogen) atoms. The number of hydrogen-bond donors (Lipinski definition) is 0. The third-order valence-corrected chi connectivity index (χ3v) is 13.9. The fourth-order valence-electron chi connectivity index (χ4n) is 4.96. The van der Waals surface area contributed by atoms with Crippen molar-refractivity contribution >= 4 is 61.1 Å². The van der Waals surface area contributed by atoms with Gasteiger partial charge < -0.3 is 0 Å². The summed E-state index contributed by atoms with van der Waals surface area (Å²) in [6.07, 6.45) is 0. The van der Waals surface area contributed by atoms with E-state index in [0.29, 0.717) is 16.0 Å². The Labute approximate surface area is 297 Å². The second-order valence-corrected chi connectivity index (χ2v) is 17.9. The molecule has 0 nitrogen and oxygen atoms in total. The molecule has 0 fully saturated rings. The van der Waals surface area contributed by atoms with E-state index in [1.54, 1.807) is 0 Å². The first-order valence-corrected chi connectivity index (χ1v) is 22.8. The molecule has 0 amide bonds. The molecule has 0 aliphatic rings. The Morgan fingerprint density at radius 3 is 0.681 bits per heavy atom. The third-order valence-electron chi connectivity index (χ3n) is 7.10. The summed E-state index contributed by atoms with van der Waals surface area (Å²) in [7, 11) is -0.892. The number of halogens is 1. The van der Waals surface area contributed by atoms with Gasteiger partial charge >= 0.3 is 70.2 Å². The van der Waals surface area contributed by atoms with Gasteiger partial charge in [0.25, 0.3) is 0 Å². The first kappa shape index (κ1) is 34.9. The van der Waals surface area contributed by atoms with Crippen molar-refractivity contribution in [3.05, 3.63) is 218 Å². The molecule has 0 atom stereocenters. The summed E-state index contributed by atoms with van der Waals surface area (Å²) in [5.74, 6) is 0. The van der Waals surface area contributed by atoms with Crippen LogP contribution in [-0.4, -0.2) is 0 Å². The van der Waals surface area contributed by atoms with Crippen LogP contribution in [0.15, 0.2) is 212 Å². The Bertz CT molecular complexity index is 1500. The normalized spacial score (nSPS) is 10.4. The Morgan fingerprint density at radius 1 is 0.298 bits per heavy atom. The third kappa shape index (κ3) is 11.1. The van der Waals surface area contributed by atoms with E-state index in [9.17, 15) is 0 Å². The van der Waals surface area contributed by atoms with Gasteiger partial charge in [-0.2, -0.15) is 0 Å². The van der Waals surface area contributed by atoms with E-state index in [1.165, 1.54) is 42.3 Å². The molecule has 0 unspecified atom stereocenters. The second kappa shape index (κ2) is 20.0. The zero-order chi connectivity index (χ0) is 32.4. The maximum absolute atomic E-state index is 3.44. The molecule has 7 aromatic rings. The molecule has 236 valence electrons. The molecule has 0 spiro atoms. The number of benzene rings is 7. The summed E-state index contributed by atoms with van der Waals surface area (Å²) in [6, 6.07) is 75.2. The molecule has 0 aliphatic heterocycles. The van der Waals surface area contributed by atoms with E-state index in [1.807, 2.05) is 6.07 Å². The van der Waals surface area contributed by atoms with E-state index in [4.69, 9.17) is 0 Å². The fourth-order valence-corrected chi connectivity index (χ4v) is 11.4. The Morgan fingerprint density at radius 2 is 0.489 bits per heavy atom. The van der Waals surface area contributed by atoms with E-state index in [2.05, 4.69) is 220 Å². The maximum atomic E-state index is 3.44. The molecule has 0 aliphatic carbocycles. The summed E-state index contributed by atoms with van der Waals surface area (Å²) < 4.78 is 0. The molecule has 0 N–H and O–H groups in total. The summed E-state index contributed by atoms with van der Waals surface area (Å²) in [6.45, 7) is 0. The molecule has 0 heterocycles. The molecule has 0 saturated carbocycles. The van der Waals surface area contributed by atoms with Crippen molar-refractivity contribution in [2.24, 2.45) is 0 Å². The van der Waals surface area contributed by atoms with Gasteiger partial charge in [-0.25, -0.2) is 0 Å².